The Hall–Kier alpha value is -2.62. The number of nitrogens with one attached hydrogen (secondary N) is 2. The number of anilines is 1. The van der Waals surface area contributed by atoms with Crippen LogP contribution in [-0.2, 0) is 11.3 Å². The zero-order valence-electron chi connectivity index (χ0n) is 16.4. The zero-order chi connectivity index (χ0) is 20.2. The van der Waals surface area contributed by atoms with E-state index in [2.05, 4.69) is 26.2 Å². The normalized spacial score (nSPS) is 17.2. The van der Waals surface area contributed by atoms with Gasteiger partial charge in [0, 0.05) is 25.3 Å². The van der Waals surface area contributed by atoms with Gasteiger partial charge < -0.3 is 15.5 Å². The molecule has 2 fully saturated rings. The fraction of sp³-hybridized carbons (Fsp3) is 0.526. The van der Waals surface area contributed by atoms with Crippen molar-refractivity contribution in [3.63, 3.8) is 0 Å². The van der Waals surface area contributed by atoms with Crippen molar-refractivity contribution in [1.82, 2.24) is 30.4 Å². The number of rotatable bonds is 7. The maximum absolute atomic E-state index is 12.5. The Labute approximate surface area is 173 Å². The molecule has 1 aliphatic heterocycles. The second-order valence-corrected chi connectivity index (χ2v) is 8.75. The van der Waals surface area contributed by atoms with Crippen LogP contribution in [0, 0.1) is 0 Å². The molecule has 29 heavy (non-hydrogen) atoms. The molecule has 3 amide bonds. The van der Waals surface area contributed by atoms with Crippen LogP contribution in [-0.4, -0.2) is 55.4 Å². The number of amides is 3. The number of hydrogen-bond donors (Lipinski definition) is 2. The standard InChI is InChI=1S/C19H25N7O2S/c1-13(29-19-22-23-24-26(19)16-7-8-16)17(27)20-12-14-5-4-6-15(11-14)21-18(28)25-9-2-3-10-25/h4-6,11,13,16H,2-3,7-10,12H2,1H3,(H,20,27)(H,21,28). The molecule has 2 heterocycles. The average molecular weight is 416 g/mol. The monoisotopic (exact) mass is 415 g/mol. The van der Waals surface area contributed by atoms with Crippen LogP contribution in [0.4, 0.5) is 10.5 Å². The fourth-order valence-corrected chi connectivity index (χ4v) is 4.12. The highest BCUT2D eigenvalue weighted by atomic mass is 32.2. The molecule has 1 aromatic carbocycles. The number of nitrogens with zero attached hydrogens (tertiary/aromatic N) is 5. The van der Waals surface area contributed by atoms with E-state index in [9.17, 15) is 9.59 Å². The van der Waals surface area contributed by atoms with Gasteiger partial charge in [0.2, 0.25) is 11.1 Å². The Kier molecular flexibility index (Phi) is 5.98. The molecule has 154 valence electrons. The van der Waals surface area contributed by atoms with Crippen LogP contribution in [0.5, 0.6) is 0 Å². The van der Waals surface area contributed by atoms with Gasteiger partial charge in [-0.2, -0.15) is 0 Å². The topological polar surface area (TPSA) is 105 Å². The third-order valence-electron chi connectivity index (χ3n) is 5.05. The molecule has 0 bridgehead atoms. The van der Waals surface area contributed by atoms with Crippen molar-refractivity contribution in [3.8, 4) is 0 Å². The molecule has 2 aromatic rings. The maximum Gasteiger partial charge on any atom is 0.321 e. The summed E-state index contributed by atoms with van der Waals surface area (Å²) in [5.41, 5.74) is 1.66. The smallest absolute Gasteiger partial charge is 0.321 e. The lowest BCUT2D eigenvalue weighted by Gasteiger charge is -2.16. The summed E-state index contributed by atoms with van der Waals surface area (Å²) < 4.78 is 1.81. The van der Waals surface area contributed by atoms with Crippen LogP contribution in [0.15, 0.2) is 29.4 Å². The Bertz CT molecular complexity index is 877. The molecular formula is C19H25N7O2S. The molecule has 1 saturated heterocycles. The van der Waals surface area contributed by atoms with Crippen molar-refractivity contribution in [2.45, 2.75) is 55.6 Å². The number of benzene rings is 1. The first-order chi connectivity index (χ1) is 14.1. The van der Waals surface area contributed by atoms with E-state index in [4.69, 9.17) is 0 Å². The molecule has 0 radical (unpaired) electrons. The molecule has 4 rings (SSSR count). The number of hydrogen-bond acceptors (Lipinski definition) is 6. The van der Waals surface area contributed by atoms with Gasteiger partial charge in [-0.25, -0.2) is 9.48 Å². The Morgan fingerprint density at radius 3 is 2.83 bits per heavy atom. The molecule has 1 aliphatic carbocycles. The molecule has 1 unspecified atom stereocenters. The summed E-state index contributed by atoms with van der Waals surface area (Å²) in [6.45, 7) is 3.85. The minimum atomic E-state index is -0.309. The lowest BCUT2D eigenvalue weighted by atomic mass is 10.2. The third-order valence-corrected chi connectivity index (χ3v) is 6.09. The first-order valence-corrected chi connectivity index (χ1v) is 10.9. The summed E-state index contributed by atoms with van der Waals surface area (Å²) in [6, 6.07) is 7.86. The zero-order valence-corrected chi connectivity index (χ0v) is 17.2. The van der Waals surface area contributed by atoms with Gasteiger partial charge in [0.15, 0.2) is 0 Å². The fourth-order valence-electron chi connectivity index (χ4n) is 3.24. The van der Waals surface area contributed by atoms with E-state index in [0.717, 1.165) is 50.0 Å². The minimum absolute atomic E-state index is 0.0675. The van der Waals surface area contributed by atoms with E-state index < -0.39 is 0 Å². The molecular weight excluding hydrogens is 390 g/mol. The lowest BCUT2D eigenvalue weighted by Crippen LogP contribution is -2.32. The predicted octanol–water partition coefficient (Wildman–Crippen LogP) is 2.43. The summed E-state index contributed by atoms with van der Waals surface area (Å²) in [4.78, 5) is 26.5. The SMILES string of the molecule is CC(Sc1nnnn1C1CC1)C(=O)NCc1cccc(NC(=O)N2CCCC2)c1. The van der Waals surface area contributed by atoms with Crippen molar-refractivity contribution in [2.24, 2.45) is 0 Å². The van der Waals surface area contributed by atoms with Crippen molar-refractivity contribution in [2.75, 3.05) is 18.4 Å². The van der Waals surface area contributed by atoms with E-state index in [1.54, 1.807) is 4.68 Å². The first kappa shape index (κ1) is 19.7. The van der Waals surface area contributed by atoms with Crippen molar-refractivity contribution in [3.05, 3.63) is 29.8 Å². The van der Waals surface area contributed by atoms with Crippen LogP contribution in [0.2, 0.25) is 0 Å². The highest BCUT2D eigenvalue weighted by Crippen LogP contribution is 2.37. The summed E-state index contributed by atoms with van der Waals surface area (Å²) in [6.07, 6.45) is 4.29. The number of aromatic nitrogens is 4. The number of carbonyl (C=O) groups is 2. The molecule has 1 aromatic heterocycles. The van der Waals surface area contributed by atoms with E-state index in [0.29, 0.717) is 17.7 Å². The van der Waals surface area contributed by atoms with Crippen LogP contribution < -0.4 is 10.6 Å². The summed E-state index contributed by atoms with van der Waals surface area (Å²) in [7, 11) is 0. The molecule has 10 heteroatoms. The largest absolute Gasteiger partial charge is 0.351 e. The van der Waals surface area contributed by atoms with Crippen LogP contribution in [0.25, 0.3) is 0 Å². The van der Waals surface area contributed by atoms with E-state index >= 15 is 0 Å². The quantitative estimate of drug-likeness (QED) is 0.673. The van der Waals surface area contributed by atoms with Crippen LogP contribution >= 0.6 is 11.8 Å². The predicted molar refractivity (Wildman–Crippen MR) is 110 cm³/mol. The minimum Gasteiger partial charge on any atom is -0.351 e. The van der Waals surface area contributed by atoms with Gasteiger partial charge in [-0.05, 0) is 60.7 Å². The lowest BCUT2D eigenvalue weighted by molar-refractivity contribution is -0.120. The molecule has 1 saturated carbocycles. The molecule has 2 aliphatic rings. The van der Waals surface area contributed by atoms with Gasteiger partial charge in [0.1, 0.15) is 0 Å². The molecule has 2 N–H and O–H groups in total. The van der Waals surface area contributed by atoms with Gasteiger partial charge in [-0.15, -0.1) is 5.10 Å². The van der Waals surface area contributed by atoms with Gasteiger partial charge >= 0.3 is 6.03 Å². The third kappa shape index (κ3) is 5.06. The number of likely N-dealkylation sites (tertiary alicyclic amines) is 1. The van der Waals surface area contributed by atoms with Gasteiger partial charge in [-0.1, -0.05) is 23.9 Å². The van der Waals surface area contributed by atoms with Crippen LogP contribution in [0.1, 0.15) is 44.2 Å². The first-order valence-electron chi connectivity index (χ1n) is 9.97. The van der Waals surface area contributed by atoms with Gasteiger partial charge in [0.05, 0.1) is 11.3 Å². The Balaban J connectivity index is 1.28. The number of thioether (sulfide) groups is 1. The number of urea groups is 1. The molecule has 9 nitrogen and oxygen atoms in total. The van der Waals surface area contributed by atoms with E-state index in [-0.39, 0.29) is 17.2 Å². The average Bonchev–Trinajstić information content (AvgIpc) is 3.21. The highest BCUT2D eigenvalue weighted by Gasteiger charge is 2.29. The maximum atomic E-state index is 12.5. The summed E-state index contributed by atoms with van der Waals surface area (Å²) >= 11 is 1.37. The Morgan fingerprint density at radius 2 is 2.07 bits per heavy atom. The van der Waals surface area contributed by atoms with Crippen molar-refractivity contribution >= 4 is 29.4 Å². The summed E-state index contributed by atoms with van der Waals surface area (Å²) in [5, 5.41) is 18.0. The van der Waals surface area contributed by atoms with Crippen molar-refractivity contribution < 1.29 is 9.59 Å². The molecule has 1 atom stereocenters. The van der Waals surface area contributed by atoms with E-state index in [1.807, 2.05) is 36.1 Å². The number of tetrazole rings is 1. The van der Waals surface area contributed by atoms with Gasteiger partial charge in [-0.3, -0.25) is 4.79 Å². The van der Waals surface area contributed by atoms with Gasteiger partial charge in [0.25, 0.3) is 0 Å². The number of carbonyl (C=O) groups excluding carboxylic acids is 2. The molecule has 0 spiro atoms. The summed E-state index contributed by atoms with van der Waals surface area (Å²) in [5.74, 6) is -0.0770. The second kappa shape index (κ2) is 8.81. The Morgan fingerprint density at radius 1 is 1.28 bits per heavy atom. The highest BCUT2D eigenvalue weighted by molar-refractivity contribution is 8.00. The second-order valence-electron chi connectivity index (χ2n) is 7.44. The van der Waals surface area contributed by atoms with E-state index in [1.165, 1.54) is 11.8 Å². The van der Waals surface area contributed by atoms with Crippen LogP contribution in [0.3, 0.4) is 0 Å². The van der Waals surface area contributed by atoms with Crippen molar-refractivity contribution in [1.29, 1.82) is 0 Å².